The summed E-state index contributed by atoms with van der Waals surface area (Å²) in [4.78, 5) is 0. The van der Waals surface area contributed by atoms with E-state index in [0.717, 1.165) is 11.8 Å². The lowest BCUT2D eigenvalue weighted by Gasteiger charge is -2.40. The molecule has 12 heavy (non-hydrogen) atoms. The van der Waals surface area contributed by atoms with E-state index in [9.17, 15) is 0 Å². The van der Waals surface area contributed by atoms with Crippen LogP contribution < -0.4 is 0 Å². The van der Waals surface area contributed by atoms with Gasteiger partial charge in [0.2, 0.25) is 0 Å². The second-order valence-corrected chi connectivity index (χ2v) is 5.89. The highest BCUT2D eigenvalue weighted by atomic mass is 35.5. The molecule has 2 atom stereocenters. The number of halogens is 1. The highest BCUT2D eigenvalue weighted by Gasteiger charge is 2.35. The molecular weight excluding hydrogens is 168 g/mol. The van der Waals surface area contributed by atoms with Crippen LogP contribution in [0.4, 0.5) is 0 Å². The molecule has 2 unspecified atom stereocenters. The van der Waals surface area contributed by atoms with Gasteiger partial charge in [0.15, 0.2) is 0 Å². The third kappa shape index (κ3) is 2.39. The molecule has 0 bridgehead atoms. The van der Waals surface area contributed by atoms with Gasteiger partial charge in [-0.3, -0.25) is 0 Å². The van der Waals surface area contributed by atoms with Gasteiger partial charge in [-0.05, 0) is 36.5 Å². The highest BCUT2D eigenvalue weighted by molar-refractivity contribution is 6.20. The summed E-state index contributed by atoms with van der Waals surface area (Å²) >= 11 is 6.30. The molecule has 1 heteroatoms. The van der Waals surface area contributed by atoms with Gasteiger partial charge in [0.05, 0.1) is 0 Å². The van der Waals surface area contributed by atoms with Crippen LogP contribution in [0.3, 0.4) is 0 Å². The Hall–Kier alpha value is 0.290. The summed E-state index contributed by atoms with van der Waals surface area (Å²) in [6.07, 6.45) is 3.81. The second-order valence-electron chi connectivity index (χ2n) is 5.33. The fraction of sp³-hybridized carbons (Fsp3) is 1.00. The first-order valence-electron chi connectivity index (χ1n) is 5.06. The number of hydrogen-bond donors (Lipinski definition) is 0. The van der Waals surface area contributed by atoms with Gasteiger partial charge in [-0.15, -0.1) is 11.6 Å². The van der Waals surface area contributed by atoms with E-state index in [2.05, 4.69) is 27.7 Å². The summed E-state index contributed by atoms with van der Waals surface area (Å²) in [5.74, 6) is 1.47. The van der Waals surface area contributed by atoms with Gasteiger partial charge >= 0.3 is 0 Å². The predicted molar refractivity (Wildman–Crippen MR) is 55.6 cm³/mol. The van der Waals surface area contributed by atoms with Crippen molar-refractivity contribution in [2.75, 3.05) is 0 Å². The summed E-state index contributed by atoms with van der Waals surface area (Å²) in [7, 11) is 0. The number of hydrogen-bond acceptors (Lipinski definition) is 0. The van der Waals surface area contributed by atoms with Gasteiger partial charge in [-0.2, -0.15) is 0 Å². The molecule has 1 rings (SSSR count). The third-order valence-electron chi connectivity index (χ3n) is 3.21. The molecule has 0 spiro atoms. The first-order chi connectivity index (χ1) is 5.42. The number of rotatable bonds is 1. The van der Waals surface area contributed by atoms with Crippen LogP contribution in [-0.2, 0) is 0 Å². The zero-order valence-electron chi connectivity index (χ0n) is 8.73. The van der Waals surface area contributed by atoms with E-state index in [1.165, 1.54) is 19.3 Å². The Kier molecular flexibility index (Phi) is 3.09. The smallest absolute Gasteiger partial charge is 0.0367 e. The fourth-order valence-electron chi connectivity index (χ4n) is 2.26. The molecule has 0 aromatic rings. The Labute approximate surface area is 81.7 Å². The van der Waals surface area contributed by atoms with Crippen molar-refractivity contribution in [3.63, 3.8) is 0 Å². The van der Waals surface area contributed by atoms with Crippen molar-refractivity contribution in [3.05, 3.63) is 0 Å². The zero-order chi connectivity index (χ0) is 9.35. The lowest BCUT2D eigenvalue weighted by atomic mass is 9.69. The van der Waals surface area contributed by atoms with E-state index < -0.39 is 0 Å². The monoisotopic (exact) mass is 188 g/mol. The molecule has 0 aromatic carbocycles. The van der Waals surface area contributed by atoms with Gasteiger partial charge < -0.3 is 0 Å². The van der Waals surface area contributed by atoms with E-state index in [0.29, 0.717) is 10.8 Å². The van der Waals surface area contributed by atoms with E-state index in [1.807, 2.05) is 0 Å². The van der Waals surface area contributed by atoms with E-state index in [1.54, 1.807) is 0 Å². The molecule has 0 saturated heterocycles. The van der Waals surface area contributed by atoms with Crippen molar-refractivity contribution >= 4 is 11.6 Å². The van der Waals surface area contributed by atoms with Crippen molar-refractivity contribution in [2.24, 2.45) is 17.3 Å². The van der Waals surface area contributed by atoms with E-state index in [4.69, 9.17) is 11.6 Å². The summed E-state index contributed by atoms with van der Waals surface area (Å²) in [5.41, 5.74) is 0.528. The van der Waals surface area contributed by atoms with E-state index in [-0.39, 0.29) is 0 Å². The van der Waals surface area contributed by atoms with Crippen LogP contribution in [0.5, 0.6) is 0 Å². The molecular formula is C11H21Cl. The van der Waals surface area contributed by atoms with E-state index >= 15 is 0 Å². The zero-order valence-corrected chi connectivity index (χ0v) is 9.49. The van der Waals surface area contributed by atoms with Crippen molar-refractivity contribution < 1.29 is 0 Å². The van der Waals surface area contributed by atoms with Crippen molar-refractivity contribution in [2.45, 2.75) is 52.3 Å². The Morgan fingerprint density at radius 1 is 1.33 bits per heavy atom. The SMILES string of the molecule is CC(C)C1CC(C)(C)CCC1Cl. The Bertz CT molecular complexity index is 149. The second kappa shape index (κ2) is 3.57. The molecule has 0 heterocycles. The minimum absolute atomic E-state index is 0.429. The maximum Gasteiger partial charge on any atom is 0.0367 e. The Morgan fingerprint density at radius 2 is 1.92 bits per heavy atom. The van der Waals surface area contributed by atoms with Crippen LogP contribution in [0.1, 0.15) is 47.0 Å². The molecule has 0 N–H and O–H groups in total. The first-order valence-corrected chi connectivity index (χ1v) is 5.50. The quantitative estimate of drug-likeness (QED) is 0.545. The molecule has 0 aromatic heterocycles. The van der Waals surface area contributed by atoms with Crippen LogP contribution in [0.2, 0.25) is 0 Å². The molecule has 0 aliphatic heterocycles. The maximum absolute atomic E-state index is 6.30. The number of alkyl halides is 1. The standard InChI is InChI=1S/C11H21Cl/c1-8(2)9-7-11(3,4)6-5-10(9)12/h8-10H,5-7H2,1-4H3. The molecule has 1 aliphatic rings. The van der Waals surface area contributed by atoms with Crippen molar-refractivity contribution in [3.8, 4) is 0 Å². The third-order valence-corrected chi connectivity index (χ3v) is 3.75. The molecule has 1 saturated carbocycles. The minimum Gasteiger partial charge on any atom is -0.123 e. The normalized spacial score (nSPS) is 35.5. The summed E-state index contributed by atoms with van der Waals surface area (Å²) in [6.45, 7) is 9.32. The van der Waals surface area contributed by atoms with Crippen LogP contribution in [-0.4, -0.2) is 5.38 Å². The average Bonchev–Trinajstić information content (AvgIpc) is 1.94. The summed E-state index contributed by atoms with van der Waals surface area (Å²) < 4.78 is 0. The maximum atomic E-state index is 6.30. The van der Waals surface area contributed by atoms with Gasteiger partial charge in [0.1, 0.15) is 0 Å². The van der Waals surface area contributed by atoms with Gasteiger partial charge in [0.25, 0.3) is 0 Å². The highest BCUT2D eigenvalue weighted by Crippen LogP contribution is 2.43. The summed E-state index contributed by atoms with van der Waals surface area (Å²) in [6, 6.07) is 0. The predicted octanol–water partition coefficient (Wildman–Crippen LogP) is 4.08. The van der Waals surface area contributed by atoms with Crippen molar-refractivity contribution in [1.29, 1.82) is 0 Å². The van der Waals surface area contributed by atoms with Gasteiger partial charge in [-0.1, -0.05) is 27.7 Å². The fourth-order valence-corrected chi connectivity index (χ4v) is 2.75. The topological polar surface area (TPSA) is 0 Å². The molecule has 1 aliphatic carbocycles. The van der Waals surface area contributed by atoms with Crippen molar-refractivity contribution in [1.82, 2.24) is 0 Å². The molecule has 1 fully saturated rings. The lowest BCUT2D eigenvalue weighted by Crippen LogP contribution is -2.33. The first kappa shape index (κ1) is 10.4. The van der Waals surface area contributed by atoms with Crippen LogP contribution >= 0.6 is 11.6 Å². The largest absolute Gasteiger partial charge is 0.123 e. The minimum atomic E-state index is 0.429. The molecule has 0 amide bonds. The van der Waals surface area contributed by atoms with Gasteiger partial charge in [-0.25, -0.2) is 0 Å². The van der Waals surface area contributed by atoms with Crippen LogP contribution in [0.25, 0.3) is 0 Å². The van der Waals surface area contributed by atoms with Gasteiger partial charge in [0, 0.05) is 5.38 Å². The lowest BCUT2D eigenvalue weighted by molar-refractivity contribution is 0.151. The summed E-state index contributed by atoms with van der Waals surface area (Å²) in [5, 5.41) is 0.429. The molecule has 0 nitrogen and oxygen atoms in total. The Morgan fingerprint density at radius 3 is 2.33 bits per heavy atom. The molecule has 0 radical (unpaired) electrons. The average molecular weight is 189 g/mol. The van der Waals surface area contributed by atoms with Crippen LogP contribution in [0, 0.1) is 17.3 Å². The molecule has 72 valence electrons. The Balaban J connectivity index is 2.59. The van der Waals surface area contributed by atoms with Crippen LogP contribution in [0.15, 0.2) is 0 Å².